The summed E-state index contributed by atoms with van der Waals surface area (Å²) < 4.78 is 13.5. The van der Waals surface area contributed by atoms with E-state index in [4.69, 9.17) is 28.9 Å². The van der Waals surface area contributed by atoms with Crippen LogP contribution in [0.1, 0.15) is 11.1 Å². The third-order valence-electron chi connectivity index (χ3n) is 2.97. The summed E-state index contributed by atoms with van der Waals surface area (Å²) in [5, 5.41) is 1.19. The van der Waals surface area contributed by atoms with E-state index in [9.17, 15) is 4.39 Å². The van der Waals surface area contributed by atoms with Crippen molar-refractivity contribution >= 4 is 23.2 Å². The van der Waals surface area contributed by atoms with E-state index < -0.39 is 0 Å². The van der Waals surface area contributed by atoms with Gasteiger partial charge in [-0.1, -0.05) is 47.5 Å². The van der Waals surface area contributed by atoms with Gasteiger partial charge in [0, 0.05) is 16.1 Å². The van der Waals surface area contributed by atoms with E-state index in [1.165, 1.54) is 6.07 Å². The molecular weight excluding hydrogens is 284 g/mol. The molecule has 1 unspecified atom stereocenters. The molecule has 2 aromatic rings. The highest BCUT2D eigenvalue weighted by molar-refractivity contribution is 6.36. The second kappa shape index (κ2) is 6.38. The lowest BCUT2D eigenvalue weighted by molar-refractivity contribution is 0.584. The van der Waals surface area contributed by atoms with E-state index in [0.717, 1.165) is 5.56 Å². The summed E-state index contributed by atoms with van der Waals surface area (Å²) in [6.07, 6.45) is 0.973. The van der Waals surface area contributed by atoms with Crippen LogP contribution in [0.4, 0.5) is 4.39 Å². The van der Waals surface area contributed by atoms with Crippen molar-refractivity contribution in [2.24, 2.45) is 5.73 Å². The second-order valence-electron chi connectivity index (χ2n) is 4.46. The molecule has 0 aliphatic rings. The Kier molecular flexibility index (Phi) is 4.81. The van der Waals surface area contributed by atoms with E-state index >= 15 is 0 Å². The van der Waals surface area contributed by atoms with Gasteiger partial charge in [0.15, 0.2) is 0 Å². The summed E-state index contributed by atoms with van der Waals surface area (Å²) in [5.74, 6) is -0.233. The van der Waals surface area contributed by atoms with Gasteiger partial charge < -0.3 is 5.73 Å². The molecule has 100 valence electrons. The Morgan fingerprint density at radius 3 is 2.21 bits per heavy atom. The first-order valence-corrected chi connectivity index (χ1v) is 6.75. The Morgan fingerprint density at radius 1 is 0.947 bits per heavy atom. The van der Waals surface area contributed by atoms with Crippen molar-refractivity contribution < 1.29 is 4.39 Å². The van der Waals surface area contributed by atoms with Crippen LogP contribution in [0, 0.1) is 5.82 Å². The number of nitrogens with two attached hydrogens (primary N) is 1. The molecule has 1 nitrogen and oxygen atoms in total. The van der Waals surface area contributed by atoms with Gasteiger partial charge in [0.05, 0.1) is 0 Å². The average Bonchev–Trinajstić information content (AvgIpc) is 2.37. The van der Waals surface area contributed by atoms with Gasteiger partial charge in [-0.25, -0.2) is 4.39 Å². The van der Waals surface area contributed by atoms with Crippen LogP contribution < -0.4 is 5.73 Å². The summed E-state index contributed by atoms with van der Waals surface area (Å²) in [6.45, 7) is 0. The summed E-state index contributed by atoms with van der Waals surface area (Å²) >= 11 is 12.2. The zero-order chi connectivity index (χ0) is 13.8. The SMILES string of the molecule is NC(Cc1ccccc1F)Cc1c(Cl)cccc1Cl. The Morgan fingerprint density at radius 2 is 1.58 bits per heavy atom. The second-order valence-corrected chi connectivity index (χ2v) is 5.27. The molecule has 2 N–H and O–H groups in total. The van der Waals surface area contributed by atoms with Crippen LogP contribution >= 0.6 is 23.2 Å². The monoisotopic (exact) mass is 297 g/mol. The zero-order valence-electron chi connectivity index (χ0n) is 10.2. The molecule has 0 amide bonds. The molecule has 4 heteroatoms. The minimum atomic E-state index is -0.233. The van der Waals surface area contributed by atoms with Crippen molar-refractivity contribution in [3.05, 3.63) is 69.5 Å². The molecule has 0 radical (unpaired) electrons. The van der Waals surface area contributed by atoms with E-state index in [-0.39, 0.29) is 11.9 Å². The van der Waals surface area contributed by atoms with Gasteiger partial charge >= 0.3 is 0 Å². The first-order valence-electron chi connectivity index (χ1n) is 6.00. The number of halogens is 3. The van der Waals surface area contributed by atoms with E-state index in [1.54, 1.807) is 36.4 Å². The van der Waals surface area contributed by atoms with Gasteiger partial charge in [-0.2, -0.15) is 0 Å². The Labute approximate surface area is 122 Å². The van der Waals surface area contributed by atoms with Gasteiger partial charge in [0.2, 0.25) is 0 Å². The molecule has 0 aliphatic carbocycles. The Balaban J connectivity index is 2.10. The third kappa shape index (κ3) is 3.69. The van der Waals surface area contributed by atoms with Gasteiger partial charge in [-0.15, -0.1) is 0 Å². The van der Waals surface area contributed by atoms with Gasteiger partial charge in [0.1, 0.15) is 5.82 Å². The van der Waals surface area contributed by atoms with Gasteiger partial charge in [0.25, 0.3) is 0 Å². The quantitative estimate of drug-likeness (QED) is 0.897. The number of benzene rings is 2. The topological polar surface area (TPSA) is 26.0 Å². The van der Waals surface area contributed by atoms with Crippen molar-refractivity contribution in [1.82, 2.24) is 0 Å². The molecule has 1 atom stereocenters. The summed E-state index contributed by atoms with van der Waals surface area (Å²) in [5.41, 5.74) is 7.48. The van der Waals surface area contributed by atoms with Crippen LogP contribution in [0.25, 0.3) is 0 Å². The summed E-state index contributed by atoms with van der Waals surface area (Å²) in [6, 6.07) is 11.7. The molecule has 2 rings (SSSR count). The number of hydrogen-bond acceptors (Lipinski definition) is 1. The fourth-order valence-electron chi connectivity index (χ4n) is 2.01. The summed E-state index contributed by atoms with van der Waals surface area (Å²) in [4.78, 5) is 0. The zero-order valence-corrected chi connectivity index (χ0v) is 11.8. The van der Waals surface area contributed by atoms with E-state index in [1.807, 2.05) is 0 Å². The first-order chi connectivity index (χ1) is 9.08. The van der Waals surface area contributed by atoms with Crippen LogP contribution in [0.5, 0.6) is 0 Å². The fraction of sp³-hybridized carbons (Fsp3) is 0.200. The predicted molar refractivity (Wildman–Crippen MR) is 78.2 cm³/mol. The number of hydrogen-bond donors (Lipinski definition) is 1. The molecule has 2 aromatic carbocycles. The predicted octanol–water partition coefficient (Wildman–Crippen LogP) is 4.25. The van der Waals surface area contributed by atoms with Crippen LogP contribution in [-0.4, -0.2) is 6.04 Å². The molecular formula is C15H14Cl2FN. The van der Waals surface area contributed by atoms with Crippen molar-refractivity contribution in [3.63, 3.8) is 0 Å². The van der Waals surface area contributed by atoms with Crippen LogP contribution in [-0.2, 0) is 12.8 Å². The Hall–Kier alpha value is -1.09. The third-order valence-corrected chi connectivity index (χ3v) is 3.68. The molecule has 0 fully saturated rings. The molecule has 0 heterocycles. The first kappa shape index (κ1) is 14.3. The lowest BCUT2D eigenvalue weighted by atomic mass is 9.99. The average molecular weight is 298 g/mol. The molecule has 0 saturated carbocycles. The normalized spacial score (nSPS) is 12.4. The van der Waals surface area contributed by atoms with Gasteiger partial charge in [-0.3, -0.25) is 0 Å². The fourth-order valence-corrected chi connectivity index (χ4v) is 2.56. The highest BCUT2D eigenvalue weighted by Crippen LogP contribution is 2.25. The van der Waals surface area contributed by atoms with Gasteiger partial charge in [-0.05, 0) is 42.2 Å². The summed E-state index contributed by atoms with van der Waals surface area (Å²) in [7, 11) is 0. The molecule has 0 spiro atoms. The largest absolute Gasteiger partial charge is 0.327 e. The van der Waals surface area contributed by atoms with Crippen molar-refractivity contribution in [2.75, 3.05) is 0 Å². The molecule has 0 saturated heterocycles. The lowest BCUT2D eigenvalue weighted by Gasteiger charge is -2.14. The molecule has 0 aromatic heterocycles. The maximum absolute atomic E-state index is 13.5. The van der Waals surface area contributed by atoms with Crippen LogP contribution in [0.15, 0.2) is 42.5 Å². The number of rotatable bonds is 4. The van der Waals surface area contributed by atoms with Crippen molar-refractivity contribution in [1.29, 1.82) is 0 Å². The maximum atomic E-state index is 13.5. The minimum Gasteiger partial charge on any atom is -0.327 e. The smallest absolute Gasteiger partial charge is 0.126 e. The highest BCUT2D eigenvalue weighted by Gasteiger charge is 2.13. The van der Waals surface area contributed by atoms with E-state index in [0.29, 0.717) is 28.5 Å². The minimum absolute atomic E-state index is 0.228. The maximum Gasteiger partial charge on any atom is 0.126 e. The van der Waals surface area contributed by atoms with E-state index in [2.05, 4.69) is 0 Å². The van der Waals surface area contributed by atoms with Crippen LogP contribution in [0.2, 0.25) is 10.0 Å². The highest BCUT2D eigenvalue weighted by atomic mass is 35.5. The molecule has 19 heavy (non-hydrogen) atoms. The van der Waals surface area contributed by atoms with Crippen LogP contribution in [0.3, 0.4) is 0 Å². The van der Waals surface area contributed by atoms with Crippen molar-refractivity contribution in [2.45, 2.75) is 18.9 Å². The lowest BCUT2D eigenvalue weighted by Crippen LogP contribution is -2.26. The van der Waals surface area contributed by atoms with Crippen molar-refractivity contribution in [3.8, 4) is 0 Å². The Bertz CT molecular complexity index is 552. The molecule has 0 aliphatic heterocycles. The molecule has 0 bridgehead atoms. The standard InChI is InChI=1S/C15H14Cl2FN/c16-13-5-3-6-14(17)12(13)9-11(19)8-10-4-1-2-7-15(10)18/h1-7,11H,8-9,19H2.